The first-order chi connectivity index (χ1) is 7.81. The van der Waals surface area contributed by atoms with Gasteiger partial charge in [-0.1, -0.05) is 11.3 Å². The number of aromatic nitrogens is 3. The lowest BCUT2D eigenvalue weighted by molar-refractivity contribution is 0.102. The second kappa shape index (κ2) is 5.03. The third-order valence-electron chi connectivity index (χ3n) is 2.71. The Labute approximate surface area is 94.3 Å². The SMILES string of the molecule is NCCn1cc(C(=O)C2=CCCCC2)nn1. The molecule has 16 heavy (non-hydrogen) atoms. The Morgan fingerprint density at radius 2 is 2.38 bits per heavy atom. The van der Waals surface area contributed by atoms with Crippen LogP contribution in [0.5, 0.6) is 0 Å². The van der Waals surface area contributed by atoms with Crippen LogP contribution >= 0.6 is 0 Å². The first kappa shape index (κ1) is 11.0. The molecule has 2 rings (SSSR count). The molecule has 1 aliphatic carbocycles. The van der Waals surface area contributed by atoms with E-state index in [1.54, 1.807) is 10.9 Å². The molecule has 0 saturated heterocycles. The zero-order valence-electron chi connectivity index (χ0n) is 9.22. The average Bonchev–Trinajstić information content (AvgIpc) is 2.78. The summed E-state index contributed by atoms with van der Waals surface area (Å²) in [6.07, 6.45) is 7.82. The first-order valence-corrected chi connectivity index (χ1v) is 5.65. The molecule has 1 aliphatic rings. The van der Waals surface area contributed by atoms with Crippen molar-refractivity contribution in [3.05, 3.63) is 23.5 Å². The van der Waals surface area contributed by atoms with E-state index in [2.05, 4.69) is 10.3 Å². The van der Waals surface area contributed by atoms with Gasteiger partial charge < -0.3 is 5.73 Å². The molecular formula is C11H16N4O. The van der Waals surface area contributed by atoms with Crippen molar-refractivity contribution in [2.24, 2.45) is 5.73 Å². The number of hydrogen-bond acceptors (Lipinski definition) is 4. The molecule has 0 unspecified atom stereocenters. The number of Topliss-reactive ketones (excluding diaryl/α,β-unsaturated/α-hetero) is 1. The Morgan fingerprint density at radius 1 is 1.50 bits per heavy atom. The summed E-state index contributed by atoms with van der Waals surface area (Å²) in [5.74, 6) is 0.0166. The topological polar surface area (TPSA) is 73.8 Å². The highest BCUT2D eigenvalue weighted by Gasteiger charge is 2.17. The molecular weight excluding hydrogens is 204 g/mol. The zero-order valence-corrected chi connectivity index (χ0v) is 9.22. The van der Waals surface area contributed by atoms with E-state index in [1.807, 2.05) is 6.08 Å². The number of nitrogens with two attached hydrogens (primary N) is 1. The van der Waals surface area contributed by atoms with Crippen molar-refractivity contribution in [1.82, 2.24) is 15.0 Å². The van der Waals surface area contributed by atoms with E-state index < -0.39 is 0 Å². The van der Waals surface area contributed by atoms with Crippen LogP contribution in [-0.4, -0.2) is 27.3 Å². The normalized spacial score (nSPS) is 15.9. The Kier molecular flexibility index (Phi) is 3.46. The van der Waals surface area contributed by atoms with Crippen LogP contribution in [0, 0.1) is 0 Å². The Hall–Kier alpha value is -1.49. The molecule has 0 fully saturated rings. The van der Waals surface area contributed by atoms with E-state index in [0.29, 0.717) is 18.8 Å². The molecule has 0 atom stereocenters. The van der Waals surface area contributed by atoms with Gasteiger partial charge in [0.1, 0.15) is 0 Å². The fourth-order valence-corrected chi connectivity index (χ4v) is 1.85. The summed E-state index contributed by atoms with van der Waals surface area (Å²) < 4.78 is 1.61. The van der Waals surface area contributed by atoms with Crippen molar-refractivity contribution >= 4 is 5.78 Å². The monoisotopic (exact) mass is 220 g/mol. The molecule has 1 aromatic rings. The van der Waals surface area contributed by atoms with E-state index in [0.717, 1.165) is 24.8 Å². The number of ketones is 1. The predicted molar refractivity (Wildman–Crippen MR) is 60.0 cm³/mol. The number of hydrogen-bond donors (Lipinski definition) is 1. The van der Waals surface area contributed by atoms with Gasteiger partial charge in [0, 0.05) is 6.54 Å². The second-order valence-electron chi connectivity index (χ2n) is 3.96. The molecule has 1 aromatic heterocycles. The predicted octanol–water partition coefficient (Wildman–Crippen LogP) is 0.920. The number of nitrogens with zero attached hydrogens (tertiary/aromatic N) is 3. The van der Waals surface area contributed by atoms with Crippen LogP contribution in [-0.2, 0) is 6.54 Å². The molecule has 0 aliphatic heterocycles. The third-order valence-corrected chi connectivity index (χ3v) is 2.71. The van der Waals surface area contributed by atoms with Gasteiger partial charge in [0.15, 0.2) is 5.69 Å². The summed E-state index contributed by atoms with van der Waals surface area (Å²) in [5, 5.41) is 7.74. The molecule has 1 heterocycles. The van der Waals surface area contributed by atoms with Crippen molar-refractivity contribution in [2.75, 3.05) is 6.54 Å². The first-order valence-electron chi connectivity index (χ1n) is 5.65. The minimum atomic E-state index is 0.0166. The maximum Gasteiger partial charge on any atom is 0.210 e. The van der Waals surface area contributed by atoms with E-state index in [1.165, 1.54) is 6.42 Å². The number of rotatable bonds is 4. The van der Waals surface area contributed by atoms with Gasteiger partial charge in [0.25, 0.3) is 0 Å². The van der Waals surface area contributed by atoms with Gasteiger partial charge in [-0.05, 0) is 31.3 Å². The minimum absolute atomic E-state index is 0.0166. The van der Waals surface area contributed by atoms with Crippen LogP contribution < -0.4 is 5.73 Å². The molecule has 0 amide bonds. The lowest BCUT2D eigenvalue weighted by atomic mass is 9.95. The maximum absolute atomic E-state index is 12.0. The second-order valence-corrected chi connectivity index (χ2v) is 3.96. The molecule has 0 bridgehead atoms. The van der Waals surface area contributed by atoms with E-state index >= 15 is 0 Å². The van der Waals surface area contributed by atoms with Crippen molar-refractivity contribution in [2.45, 2.75) is 32.2 Å². The highest BCUT2D eigenvalue weighted by molar-refractivity contribution is 6.07. The summed E-state index contributed by atoms with van der Waals surface area (Å²) in [6.45, 7) is 1.10. The van der Waals surface area contributed by atoms with Crippen molar-refractivity contribution < 1.29 is 4.79 Å². The molecule has 5 heteroatoms. The van der Waals surface area contributed by atoms with Crippen LogP contribution in [0.3, 0.4) is 0 Å². The summed E-state index contributed by atoms with van der Waals surface area (Å²) in [7, 11) is 0. The fourth-order valence-electron chi connectivity index (χ4n) is 1.85. The third kappa shape index (κ3) is 2.36. The lowest BCUT2D eigenvalue weighted by Gasteiger charge is -2.09. The van der Waals surface area contributed by atoms with Gasteiger partial charge >= 0.3 is 0 Å². The highest BCUT2D eigenvalue weighted by atomic mass is 16.1. The lowest BCUT2D eigenvalue weighted by Crippen LogP contribution is -2.10. The van der Waals surface area contributed by atoms with E-state index in [4.69, 9.17) is 5.73 Å². The van der Waals surface area contributed by atoms with Crippen LogP contribution in [0.4, 0.5) is 0 Å². The smallest absolute Gasteiger partial charge is 0.210 e. The van der Waals surface area contributed by atoms with E-state index in [9.17, 15) is 4.79 Å². The van der Waals surface area contributed by atoms with Crippen molar-refractivity contribution in [3.8, 4) is 0 Å². The molecule has 0 aromatic carbocycles. The summed E-state index contributed by atoms with van der Waals surface area (Å²) >= 11 is 0. The number of carbonyl (C=O) groups is 1. The van der Waals surface area contributed by atoms with E-state index in [-0.39, 0.29) is 5.78 Å². The van der Waals surface area contributed by atoms with Crippen LogP contribution in [0.15, 0.2) is 17.8 Å². The summed E-state index contributed by atoms with van der Waals surface area (Å²) in [4.78, 5) is 12.0. The quantitative estimate of drug-likeness (QED) is 0.766. The highest BCUT2D eigenvalue weighted by Crippen LogP contribution is 2.20. The molecule has 5 nitrogen and oxygen atoms in total. The molecule has 86 valence electrons. The van der Waals surface area contributed by atoms with Gasteiger partial charge in [-0.25, -0.2) is 0 Å². The van der Waals surface area contributed by atoms with Gasteiger partial charge in [0.05, 0.1) is 12.7 Å². The summed E-state index contributed by atoms with van der Waals surface area (Å²) in [6, 6.07) is 0. The largest absolute Gasteiger partial charge is 0.329 e. The standard InChI is InChI=1S/C11H16N4O/c12-6-7-15-8-10(13-14-15)11(16)9-4-2-1-3-5-9/h4,8H,1-3,5-7,12H2. The Balaban J connectivity index is 2.10. The fraction of sp³-hybridized carbons (Fsp3) is 0.545. The summed E-state index contributed by atoms with van der Waals surface area (Å²) in [5.41, 5.74) is 6.72. The van der Waals surface area contributed by atoms with Crippen molar-refractivity contribution in [1.29, 1.82) is 0 Å². The van der Waals surface area contributed by atoms with Crippen LogP contribution in [0.25, 0.3) is 0 Å². The molecule has 0 saturated carbocycles. The Morgan fingerprint density at radius 3 is 3.06 bits per heavy atom. The number of allylic oxidation sites excluding steroid dienone is 2. The molecule has 2 N–H and O–H groups in total. The van der Waals surface area contributed by atoms with Gasteiger partial charge in [-0.15, -0.1) is 5.10 Å². The molecule has 0 spiro atoms. The molecule has 0 radical (unpaired) electrons. The minimum Gasteiger partial charge on any atom is -0.329 e. The zero-order chi connectivity index (χ0) is 11.4. The van der Waals surface area contributed by atoms with Gasteiger partial charge in [-0.3, -0.25) is 9.48 Å². The van der Waals surface area contributed by atoms with Crippen molar-refractivity contribution in [3.63, 3.8) is 0 Å². The number of carbonyl (C=O) groups excluding carboxylic acids is 1. The Bertz CT molecular complexity index is 408. The maximum atomic E-state index is 12.0. The van der Waals surface area contributed by atoms with Gasteiger partial charge in [0.2, 0.25) is 5.78 Å². The van der Waals surface area contributed by atoms with Crippen LogP contribution in [0.2, 0.25) is 0 Å². The van der Waals surface area contributed by atoms with Gasteiger partial charge in [-0.2, -0.15) is 0 Å². The van der Waals surface area contributed by atoms with Crippen LogP contribution in [0.1, 0.15) is 36.2 Å². The average molecular weight is 220 g/mol.